The Morgan fingerprint density at radius 1 is 1.30 bits per heavy atom. The molecule has 1 fully saturated rings. The Hall–Kier alpha value is -2.02. The lowest BCUT2D eigenvalue weighted by atomic mass is 10.0. The molecule has 1 N–H and O–H groups in total. The van der Waals surface area contributed by atoms with Crippen molar-refractivity contribution in [3.63, 3.8) is 0 Å². The number of rotatable bonds is 6. The maximum absolute atomic E-state index is 13.8. The maximum atomic E-state index is 13.8. The third-order valence-corrected chi connectivity index (χ3v) is 3.40. The molecule has 1 aromatic rings. The second kappa shape index (κ2) is 7.04. The van der Waals surface area contributed by atoms with Gasteiger partial charge in [0.2, 0.25) is 5.78 Å². The van der Waals surface area contributed by atoms with E-state index in [2.05, 4.69) is 5.32 Å². The summed E-state index contributed by atoms with van der Waals surface area (Å²) in [5, 5.41) is 2.04. The number of ether oxygens (including phenoxy) is 1. The van der Waals surface area contributed by atoms with E-state index >= 15 is 0 Å². The van der Waals surface area contributed by atoms with Crippen LogP contribution in [0.3, 0.4) is 0 Å². The molecule has 0 aliphatic heterocycles. The molecule has 0 aromatic heterocycles. The predicted octanol–water partition coefficient (Wildman–Crippen LogP) is 3.14. The molecule has 0 heterocycles. The van der Waals surface area contributed by atoms with E-state index in [0.717, 1.165) is 19.0 Å². The van der Waals surface area contributed by atoms with Crippen molar-refractivity contribution in [1.29, 1.82) is 0 Å². The van der Waals surface area contributed by atoms with Gasteiger partial charge in [0.05, 0.1) is 17.2 Å². The standard InChI is InChI=1S/C15H13ClF3NO3/c1-2-23-15(22)9(6-20-7-3-4-7)14(21)8-5-10(16)12(18)13(19)11(8)17/h5-7,20H,2-4H2,1H3/b9-6-. The van der Waals surface area contributed by atoms with E-state index in [1.807, 2.05) is 0 Å². The second-order valence-corrected chi connectivity index (χ2v) is 5.30. The molecule has 8 heteroatoms. The first kappa shape index (κ1) is 17.3. The highest BCUT2D eigenvalue weighted by Crippen LogP contribution is 2.26. The van der Waals surface area contributed by atoms with Gasteiger partial charge < -0.3 is 10.1 Å². The average molecular weight is 348 g/mol. The highest BCUT2D eigenvalue weighted by atomic mass is 35.5. The molecule has 1 aliphatic rings. The Balaban J connectivity index is 2.40. The number of nitrogens with one attached hydrogen (secondary N) is 1. The quantitative estimate of drug-likeness (QED) is 0.163. The predicted molar refractivity (Wildman–Crippen MR) is 76.5 cm³/mol. The second-order valence-electron chi connectivity index (χ2n) is 4.90. The Morgan fingerprint density at radius 2 is 1.96 bits per heavy atom. The molecule has 23 heavy (non-hydrogen) atoms. The van der Waals surface area contributed by atoms with E-state index in [9.17, 15) is 22.8 Å². The number of hydrogen-bond donors (Lipinski definition) is 1. The van der Waals surface area contributed by atoms with Crippen LogP contribution in [0.4, 0.5) is 13.2 Å². The third-order valence-electron chi connectivity index (χ3n) is 3.13. The van der Waals surface area contributed by atoms with E-state index in [1.165, 1.54) is 6.92 Å². The number of esters is 1. The van der Waals surface area contributed by atoms with Gasteiger partial charge in [0.1, 0.15) is 5.57 Å². The first-order valence-corrected chi connectivity index (χ1v) is 7.25. The number of carbonyl (C=O) groups is 2. The fourth-order valence-corrected chi connectivity index (χ4v) is 1.95. The zero-order chi connectivity index (χ0) is 17.1. The molecule has 1 aromatic carbocycles. The molecule has 4 nitrogen and oxygen atoms in total. The zero-order valence-corrected chi connectivity index (χ0v) is 12.8. The van der Waals surface area contributed by atoms with Gasteiger partial charge >= 0.3 is 5.97 Å². The summed E-state index contributed by atoms with van der Waals surface area (Å²) in [5.74, 6) is -7.32. The molecule has 0 bridgehead atoms. The van der Waals surface area contributed by atoms with Crippen molar-refractivity contribution in [2.24, 2.45) is 0 Å². The minimum absolute atomic E-state index is 0.00605. The molecule has 0 saturated heterocycles. The van der Waals surface area contributed by atoms with Crippen molar-refractivity contribution in [1.82, 2.24) is 5.32 Å². The average Bonchev–Trinajstić information content (AvgIpc) is 3.33. The molecule has 2 rings (SSSR count). The monoisotopic (exact) mass is 347 g/mol. The van der Waals surface area contributed by atoms with Gasteiger partial charge in [-0.15, -0.1) is 0 Å². The van der Waals surface area contributed by atoms with Crippen LogP contribution in [0.25, 0.3) is 0 Å². The summed E-state index contributed by atoms with van der Waals surface area (Å²) in [6, 6.07) is 0.757. The van der Waals surface area contributed by atoms with Gasteiger partial charge in [-0.1, -0.05) is 11.6 Å². The number of carbonyl (C=O) groups excluding carboxylic acids is 2. The lowest BCUT2D eigenvalue weighted by Crippen LogP contribution is -2.21. The Labute approximate surface area is 135 Å². The van der Waals surface area contributed by atoms with Gasteiger partial charge in [-0.25, -0.2) is 18.0 Å². The normalized spacial score (nSPS) is 14.6. The first-order valence-electron chi connectivity index (χ1n) is 6.87. The van der Waals surface area contributed by atoms with Gasteiger partial charge in [0.25, 0.3) is 0 Å². The van der Waals surface area contributed by atoms with Crippen molar-refractivity contribution in [3.05, 3.63) is 45.9 Å². The molecule has 1 saturated carbocycles. The largest absolute Gasteiger partial charge is 0.462 e. The Bertz CT molecular complexity index is 687. The molecular formula is C15H13ClF3NO3. The summed E-state index contributed by atoms with van der Waals surface area (Å²) in [6.45, 7) is 1.53. The van der Waals surface area contributed by atoms with E-state index < -0.39 is 45.4 Å². The van der Waals surface area contributed by atoms with Crippen LogP contribution < -0.4 is 5.32 Å². The minimum atomic E-state index is -1.88. The van der Waals surface area contributed by atoms with Crippen LogP contribution in [0.2, 0.25) is 5.02 Å². The molecule has 0 unspecified atom stereocenters. The van der Waals surface area contributed by atoms with Crippen LogP contribution in [0.1, 0.15) is 30.1 Å². The van der Waals surface area contributed by atoms with Crippen molar-refractivity contribution in [2.75, 3.05) is 6.61 Å². The van der Waals surface area contributed by atoms with Gasteiger partial charge in [-0.05, 0) is 25.8 Å². The van der Waals surface area contributed by atoms with Crippen molar-refractivity contribution < 1.29 is 27.5 Å². The van der Waals surface area contributed by atoms with Crippen LogP contribution in [0.5, 0.6) is 0 Å². The molecule has 0 radical (unpaired) electrons. The van der Waals surface area contributed by atoms with Crippen molar-refractivity contribution in [3.8, 4) is 0 Å². The summed E-state index contributed by atoms with van der Waals surface area (Å²) in [4.78, 5) is 24.2. The highest BCUT2D eigenvalue weighted by molar-refractivity contribution is 6.32. The van der Waals surface area contributed by atoms with Crippen LogP contribution >= 0.6 is 11.6 Å². The Kier molecular flexibility index (Phi) is 5.30. The molecule has 0 atom stereocenters. The number of hydrogen-bond acceptors (Lipinski definition) is 4. The summed E-state index contributed by atoms with van der Waals surface area (Å²) in [6.07, 6.45) is 2.84. The summed E-state index contributed by atoms with van der Waals surface area (Å²) < 4.78 is 45.2. The lowest BCUT2D eigenvalue weighted by Gasteiger charge is -2.09. The van der Waals surface area contributed by atoms with Crippen LogP contribution in [0, 0.1) is 17.5 Å². The van der Waals surface area contributed by atoms with E-state index in [0.29, 0.717) is 6.07 Å². The molecule has 1 aliphatic carbocycles. The van der Waals surface area contributed by atoms with Gasteiger partial charge in [0.15, 0.2) is 17.5 Å². The molecule has 0 spiro atoms. The van der Waals surface area contributed by atoms with Gasteiger partial charge in [-0.3, -0.25) is 4.79 Å². The van der Waals surface area contributed by atoms with E-state index in [4.69, 9.17) is 16.3 Å². The van der Waals surface area contributed by atoms with Gasteiger partial charge in [-0.2, -0.15) is 0 Å². The number of halogens is 4. The van der Waals surface area contributed by atoms with Crippen molar-refractivity contribution >= 4 is 23.4 Å². The Morgan fingerprint density at radius 3 is 2.52 bits per heavy atom. The fraction of sp³-hybridized carbons (Fsp3) is 0.333. The summed E-state index contributed by atoms with van der Waals surface area (Å²) >= 11 is 5.43. The number of benzene rings is 1. The van der Waals surface area contributed by atoms with E-state index in [1.54, 1.807) is 0 Å². The van der Waals surface area contributed by atoms with Crippen LogP contribution in [0.15, 0.2) is 17.8 Å². The minimum Gasteiger partial charge on any atom is -0.462 e. The number of Topliss-reactive ketones (excluding diaryl/α,β-unsaturated/α-hetero) is 1. The van der Waals surface area contributed by atoms with Crippen molar-refractivity contribution in [2.45, 2.75) is 25.8 Å². The van der Waals surface area contributed by atoms with Crippen LogP contribution in [-0.2, 0) is 9.53 Å². The highest BCUT2D eigenvalue weighted by Gasteiger charge is 2.29. The zero-order valence-electron chi connectivity index (χ0n) is 12.1. The maximum Gasteiger partial charge on any atom is 0.343 e. The SMILES string of the molecule is CCOC(=O)/C(=C\NC1CC1)C(=O)c1cc(Cl)c(F)c(F)c1F. The lowest BCUT2D eigenvalue weighted by molar-refractivity contribution is -0.138. The molecular weight excluding hydrogens is 335 g/mol. The first-order chi connectivity index (χ1) is 10.9. The molecule has 0 amide bonds. The number of ketones is 1. The fourth-order valence-electron chi connectivity index (χ4n) is 1.76. The molecule has 124 valence electrons. The summed E-state index contributed by atoms with van der Waals surface area (Å²) in [7, 11) is 0. The van der Waals surface area contributed by atoms with E-state index in [-0.39, 0.29) is 12.6 Å². The van der Waals surface area contributed by atoms with Crippen LogP contribution in [-0.4, -0.2) is 24.4 Å². The smallest absolute Gasteiger partial charge is 0.343 e. The summed E-state index contributed by atoms with van der Waals surface area (Å²) in [5.41, 5.74) is -1.36. The third kappa shape index (κ3) is 3.85. The topological polar surface area (TPSA) is 55.4 Å². The van der Waals surface area contributed by atoms with Gasteiger partial charge in [0, 0.05) is 12.2 Å².